The smallest absolute Gasteiger partial charge is 0.130 e. The molecular formula is C20H22Br2N2O. The second-order valence-corrected chi connectivity index (χ2v) is 8.02. The lowest BCUT2D eigenvalue weighted by molar-refractivity contribution is 0.471. The molecule has 3 nitrogen and oxygen atoms in total. The Bertz CT molecular complexity index is 838. The highest BCUT2D eigenvalue weighted by atomic mass is 79.9. The van der Waals surface area contributed by atoms with Crippen LogP contribution in [0.4, 0.5) is 0 Å². The van der Waals surface area contributed by atoms with E-state index in [1.165, 1.54) is 27.8 Å². The van der Waals surface area contributed by atoms with Gasteiger partial charge in [0.25, 0.3) is 0 Å². The average molecular weight is 466 g/mol. The van der Waals surface area contributed by atoms with Gasteiger partial charge in [-0.2, -0.15) is 0 Å². The van der Waals surface area contributed by atoms with Crippen molar-refractivity contribution in [1.29, 1.82) is 0 Å². The van der Waals surface area contributed by atoms with E-state index in [9.17, 15) is 5.11 Å². The van der Waals surface area contributed by atoms with Gasteiger partial charge in [0, 0.05) is 16.2 Å². The molecule has 0 atom stereocenters. The number of nitrogens with zero attached hydrogens (tertiary/aromatic N) is 1. The van der Waals surface area contributed by atoms with Crippen molar-refractivity contribution in [1.82, 2.24) is 10.3 Å². The van der Waals surface area contributed by atoms with Crippen LogP contribution in [0.2, 0.25) is 0 Å². The van der Waals surface area contributed by atoms with E-state index in [0.29, 0.717) is 5.75 Å². The van der Waals surface area contributed by atoms with E-state index in [-0.39, 0.29) is 7.43 Å². The molecule has 4 rings (SSSR count). The van der Waals surface area contributed by atoms with Gasteiger partial charge in [-0.05, 0) is 99.5 Å². The Balaban J connectivity index is 0.00000182. The quantitative estimate of drug-likeness (QED) is 0.559. The minimum absolute atomic E-state index is 0. The number of phenolic OH excluding ortho intramolecular Hbond substituents is 1. The SMILES string of the molecule is C.Oc1ccc2c(c1Br)CCc1cc(Br)cnc1C2=C1CCNCC1. The predicted molar refractivity (Wildman–Crippen MR) is 110 cm³/mol. The van der Waals surface area contributed by atoms with E-state index in [1.54, 1.807) is 6.07 Å². The van der Waals surface area contributed by atoms with Crippen LogP contribution in [-0.4, -0.2) is 23.2 Å². The molecular weight excluding hydrogens is 444 g/mol. The molecule has 0 radical (unpaired) electrons. The number of aryl methyl sites for hydroxylation is 1. The molecule has 1 aliphatic heterocycles. The van der Waals surface area contributed by atoms with Crippen molar-refractivity contribution in [3.63, 3.8) is 0 Å². The van der Waals surface area contributed by atoms with E-state index >= 15 is 0 Å². The first-order valence-corrected chi connectivity index (χ1v) is 9.82. The first-order chi connectivity index (χ1) is 11.6. The van der Waals surface area contributed by atoms with Gasteiger partial charge in [-0.15, -0.1) is 0 Å². The van der Waals surface area contributed by atoms with E-state index < -0.39 is 0 Å². The molecule has 1 fully saturated rings. The lowest BCUT2D eigenvalue weighted by Crippen LogP contribution is -2.24. The fraction of sp³-hybridized carbons (Fsp3) is 0.350. The highest BCUT2D eigenvalue weighted by molar-refractivity contribution is 9.10. The first kappa shape index (κ1) is 18.6. The number of piperidine rings is 1. The number of halogens is 2. The topological polar surface area (TPSA) is 45.2 Å². The van der Waals surface area contributed by atoms with Crippen molar-refractivity contribution in [3.05, 3.63) is 61.3 Å². The Morgan fingerprint density at radius 1 is 1.04 bits per heavy atom. The number of aromatic hydroxyl groups is 1. The van der Waals surface area contributed by atoms with Crippen molar-refractivity contribution < 1.29 is 5.11 Å². The molecule has 1 aliphatic carbocycles. The van der Waals surface area contributed by atoms with E-state index in [0.717, 1.165) is 53.4 Å². The molecule has 0 unspecified atom stereocenters. The molecule has 1 saturated heterocycles. The lowest BCUT2D eigenvalue weighted by Gasteiger charge is -2.22. The summed E-state index contributed by atoms with van der Waals surface area (Å²) in [4.78, 5) is 4.78. The zero-order valence-electron chi connectivity index (χ0n) is 13.2. The van der Waals surface area contributed by atoms with Gasteiger partial charge in [-0.3, -0.25) is 4.98 Å². The van der Waals surface area contributed by atoms with Gasteiger partial charge in [0.05, 0.1) is 10.2 Å². The molecule has 132 valence electrons. The van der Waals surface area contributed by atoms with Gasteiger partial charge in [0.15, 0.2) is 0 Å². The van der Waals surface area contributed by atoms with Crippen LogP contribution in [0.15, 0.2) is 38.9 Å². The summed E-state index contributed by atoms with van der Waals surface area (Å²) in [6, 6.07) is 6.02. The lowest BCUT2D eigenvalue weighted by atomic mass is 9.89. The summed E-state index contributed by atoms with van der Waals surface area (Å²) in [7, 11) is 0. The van der Waals surface area contributed by atoms with Gasteiger partial charge in [0.1, 0.15) is 5.75 Å². The summed E-state index contributed by atoms with van der Waals surface area (Å²) in [6.07, 6.45) is 5.80. The molecule has 2 heterocycles. The van der Waals surface area contributed by atoms with Crippen LogP contribution >= 0.6 is 31.9 Å². The molecule has 2 N–H and O–H groups in total. The number of nitrogens with one attached hydrogen (secondary N) is 1. The van der Waals surface area contributed by atoms with Crippen LogP contribution in [-0.2, 0) is 12.8 Å². The third kappa shape index (κ3) is 3.42. The molecule has 0 spiro atoms. The fourth-order valence-electron chi connectivity index (χ4n) is 3.71. The second kappa shape index (κ2) is 7.60. The van der Waals surface area contributed by atoms with Crippen molar-refractivity contribution in [2.75, 3.05) is 13.1 Å². The maximum Gasteiger partial charge on any atom is 0.130 e. The van der Waals surface area contributed by atoms with Gasteiger partial charge in [-0.1, -0.05) is 19.1 Å². The summed E-state index contributed by atoms with van der Waals surface area (Å²) < 4.78 is 1.84. The Labute approximate surface area is 165 Å². The molecule has 1 aromatic carbocycles. The molecule has 2 aromatic rings. The Kier molecular flexibility index (Phi) is 5.66. The third-order valence-electron chi connectivity index (χ3n) is 4.87. The maximum absolute atomic E-state index is 10.1. The number of phenols is 1. The summed E-state index contributed by atoms with van der Waals surface area (Å²) in [5, 5.41) is 13.6. The Morgan fingerprint density at radius 2 is 1.80 bits per heavy atom. The van der Waals surface area contributed by atoms with Gasteiger partial charge in [0.2, 0.25) is 0 Å². The van der Waals surface area contributed by atoms with Crippen LogP contribution in [0.1, 0.15) is 42.7 Å². The van der Waals surface area contributed by atoms with Crippen molar-refractivity contribution in [3.8, 4) is 5.75 Å². The van der Waals surface area contributed by atoms with Crippen LogP contribution in [0, 0.1) is 0 Å². The molecule has 5 heteroatoms. The largest absolute Gasteiger partial charge is 0.507 e. The monoisotopic (exact) mass is 464 g/mol. The minimum atomic E-state index is 0. The fourth-order valence-corrected chi connectivity index (χ4v) is 4.63. The normalized spacial score (nSPS) is 16.6. The number of fused-ring (bicyclic) bond motifs is 2. The first-order valence-electron chi connectivity index (χ1n) is 8.23. The number of pyridine rings is 1. The van der Waals surface area contributed by atoms with Crippen molar-refractivity contribution in [2.24, 2.45) is 0 Å². The average Bonchev–Trinajstić information content (AvgIpc) is 2.76. The number of hydrogen-bond donors (Lipinski definition) is 2. The van der Waals surface area contributed by atoms with Crippen LogP contribution in [0.5, 0.6) is 5.75 Å². The van der Waals surface area contributed by atoms with Crippen molar-refractivity contribution in [2.45, 2.75) is 33.1 Å². The molecule has 1 aromatic heterocycles. The van der Waals surface area contributed by atoms with Gasteiger partial charge < -0.3 is 10.4 Å². The Hall–Kier alpha value is -1.17. The Morgan fingerprint density at radius 3 is 2.56 bits per heavy atom. The molecule has 2 aliphatic rings. The summed E-state index contributed by atoms with van der Waals surface area (Å²) >= 11 is 7.15. The van der Waals surface area contributed by atoms with Crippen LogP contribution in [0.3, 0.4) is 0 Å². The zero-order valence-corrected chi connectivity index (χ0v) is 16.4. The maximum atomic E-state index is 10.1. The number of aromatic nitrogens is 1. The summed E-state index contributed by atoms with van der Waals surface area (Å²) in [5.74, 6) is 0.309. The molecule has 0 saturated carbocycles. The summed E-state index contributed by atoms with van der Waals surface area (Å²) in [5.41, 5.74) is 7.51. The van der Waals surface area contributed by atoms with Gasteiger partial charge in [-0.25, -0.2) is 0 Å². The van der Waals surface area contributed by atoms with E-state index in [4.69, 9.17) is 4.98 Å². The number of benzene rings is 1. The number of hydrogen-bond acceptors (Lipinski definition) is 3. The minimum Gasteiger partial charge on any atom is -0.507 e. The molecule has 0 amide bonds. The molecule has 0 bridgehead atoms. The zero-order chi connectivity index (χ0) is 16.7. The van der Waals surface area contributed by atoms with E-state index in [2.05, 4.69) is 49.3 Å². The van der Waals surface area contributed by atoms with E-state index in [1.807, 2.05) is 6.20 Å². The third-order valence-corrected chi connectivity index (χ3v) is 6.19. The summed E-state index contributed by atoms with van der Waals surface area (Å²) in [6.45, 7) is 2.03. The number of rotatable bonds is 0. The van der Waals surface area contributed by atoms with Gasteiger partial charge >= 0.3 is 0 Å². The molecule has 25 heavy (non-hydrogen) atoms. The van der Waals surface area contributed by atoms with Crippen molar-refractivity contribution >= 4 is 37.4 Å². The second-order valence-electron chi connectivity index (χ2n) is 6.31. The van der Waals surface area contributed by atoms with Crippen LogP contribution in [0.25, 0.3) is 5.57 Å². The standard InChI is InChI=1S/C19H18Br2N2O.CH4/c20-13-9-12-1-2-15-14(3-4-16(24)18(15)21)17(19(12)23-10-13)11-5-7-22-8-6-11;/h3-4,9-10,22,24H,1-2,5-8H2;1H4. The van der Waals surface area contributed by atoms with Crippen LogP contribution < -0.4 is 5.32 Å². The highest BCUT2D eigenvalue weighted by Crippen LogP contribution is 2.42. The predicted octanol–water partition coefficient (Wildman–Crippen LogP) is 5.23. The highest BCUT2D eigenvalue weighted by Gasteiger charge is 2.25.